The van der Waals surface area contributed by atoms with Crippen LogP contribution in [-0.4, -0.2) is 11.1 Å². The van der Waals surface area contributed by atoms with E-state index in [9.17, 15) is 18.3 Å². The highest BCUT2D eigenvalue weighted by molar-refractivity contribution is 5.32. The van der Waals surface area contributed by atoms with E-state index in [1.54, 1.807) is 6.92 Å². The molecule has 0 heterocycles. The molecule has 1 unspecified atom stereocenters. The van der Waals surface area contributed by atoms with Crippen LogP contribution in [0.15, 0.2) is 36.4 Å². The van der Waals surface area contributed by atoms with Crippen molar-refractivity contribution >= 4 is 0 Å². The average molecular weight is 295 g/mol. The zero-order valence-electron chi connectivity index (χ0n) is 11.5. The van der Waals surface area contributed by atoms with Gasteiger partial charge < -0.3 is 10.4 Å². The van der Waals surface area contributed by atoms with Gasteiger partial charge in [-0.15, -0.1) is 0 Å². The van der Waals surface area contributed by atoms with E-state index in [2.05, 4.69) is 5.32 Å². The summed E-state index contributed by atoms with van der Waals surface area (Å²) in [5.74, 6) is -1.64. The molecule has 1 atom stereocenters. The van der Waals surface area contributed by atoms with Crippen molar-refractivity contribution in [1.82, 2.24) is 5.32 Å². The van der Waals surface area contributed by atoms with E-state index < -0.39 is 17.5 Å². The molecule has 0 amide bonds. The molecule has 0 spiro atoms. The topological polar surface area (TPSA) is 32.3 Å². The summed E-state index contributed by atoms with van der Waals surface area (Å²) in [4.78, 5) is 0. The Morgan fingerprint density at radius 3 is 2.43 bits per heavy atom. The molecular formula is C16H16F3NO. The Morgan fingerprint density at radius 1 is 1.10 bits per heavy atom. The second kappa shape index (κ2) is 6.63. The van der Waals surface area contributed by atoms with Crippen molar-refractivity contribution in [1.29, 1.82) is 0 Å². The average Bonchev–Trinajstić information content (AvgIpc) is 2.44. The van der Waals surface area contributed by atoms with Crippen LogP contribution in [0.1, 0.15) is 18.1 Å². The standard InChI is InChI=1S/C16H16F3NO/c1-10(7-13-14(18)3-2-4-15(13)19)20-9-11-8-12(17)5-6-16(11)21/h2-6,8,10,20-21H,7,9H2,1H3. The Hall–Kier alpha value is -2.01. The smallest absolute Gasteiger partial charge is 0.129 e. The molecule has 2 N–H and O–H groups in total. The number of rotatable bonds is 5. The molecule has 0 radical (unpaired) electrons. The van der Waals surface area contributed by atoms with Crippen molar-refractivity contribution in [2.75, 3.05) is 0 Å². The highest BCUT2D eigenvalue weighted by Crippen LogP contribution is 2.18. The van der Waals surface area contributed by atoms with Gasteiger partial charge in [-0.1, -0.05) is 6.07 Å². The molecule has 21 heavy (non-hydrogen) atoms. The van der Waals surface area contributed by atoms with Crippen LogP contribution in [0.25, 0.3) is 0 Å². The van der Waals surface area contributed by atoms with Gasteiger partial charge in [0.05, 0.1) is 0 Å². The zero-order chi connectivity index (χ0) is 15.4. The molecular weight excluding hydrogens is 279 g/mol. The second-order valence-electron chi connectivity index (χ2n) is 4.96. The molecule has 0 aliphatic heterocycles. The lowest BCUT2D eigenvalue weighted by Gasteiger charge is -2.15. The lowest BCUT2D eigenvalue weighted by atomic mass is 10.1. The van der Waals surface area contributed by atoms with Gasteiger partial charge in [0, 0.05) is 23.7 Å². The highest BCUT2D eigenvalue weighted by atomic mass is 19.1. The molecule has 2 aromatic rings. The molecule has 0 fully saturated rings. The van der Waals surface area contributed by atoms with Gasteiger partial charge in [-0.05, 0) is 43.7 Å². The van der Waals surface area contributed by atoms with Crippen molar-refractivity contribution in [3.05, 3.63) is 65.0 Å². The first-order valence-corrected chi connectivity index (χ1v) is 6.61. The van der Waals surface area contributed by atoms with Crippen LogP contribution in [0.4, 0.5) is 13.2 Å². The summed E-state index contributed by atoms with van der Waals surface area (Å²) in [6.45, 7) is 1.98. The largest absolute Gasteiger partial charge is 0.508 e. The van der Waals surface area contributed by atoms with E-state index in [0.29, 0.717) is 5.56 Å². The Labute approximate surface area is 121 Å². The van der Waals surface area contributed by atoms with Gasteiger partial charge in [0.25, 0.3) is 0 Å². The Bertz CT molecular complexity index is 611. The van der Waals surface area contributed by atoms with Gasteiger partial charge in [-0.25, -0.2) is 13.2 Å². The first kappa shape index (κ1) is 15.4. The summed E-state index contributed by atoms with van der Waals surface area (Å²) in [5.41, 5.74) is 0.414. The number of hydrogen-bond donors (Lipinski definition) is 2. The van der Waals surface area contributed by atoms with Crippen molar-refractivity contribution in [2.45, 2.75) is 25.9 Å². The minimum absolute atomic E-state index is 0.0148. The minimum atomic E-state index is -0.586. The lowest BCUT2D eigenvalue weighted by Crippen LogP contribution is -2.28. The third kappa shape index (κ3) is 3.98. The molecule has 0 aliphatic rings. The van der Waals surface area contributed by atoms with Crippen LogP contribution in [-0.2, 0) is 13.0 Å². The van der Waals surface area contributed by atoms with E-state index in [1.165, 1.54) is 30.3 Å². The number of aromatic hydroxyl groups is 1. The van der Waals surface area contributed by atoms with E-state index in [1.807, 2.05) is 0 Å². The zero-order valence-corrected chi connectivity index (χ0v) is 11.5. The second-order valence-corrected chi connectivity index (χ2v) is 4.96. The van der Waals surface area contributed by atoms with Crippen LogP contribution in [0, 0.1) is 17.5 Å². The van der Waals surface area contributed by atoms with Crippen molar-refractivity contribution in [2.24, 2.45) is 0 Å². The fourth-order valence-corrected chi connectivity index (χ4v) is 2.09. The van der Waals surface area contributed by atoms with Crippen LogP contribution < -0.4 is 5.32 Å². The number of halogens is 3. The molecule has 2 rings (SSSR count). The summed E-state index contributed by atoms with van der Waals surface area (Å²) in [5, 5.41) is 12.6. The van der Waals surface area contributed by atoms with E-state index in [0.717, 1.165) is 6.07 Å². The number of phenols is 1. The number of phenolic OH excluding ortho intramolecular Hbond substituents is 1. The summed E-state index contributed by atoms with van der Waals surface area (Å²) in [7, 11) is 0. The van der Waals surface area contributed by atoms with Crippen molar-refractivity contribution < 1.29 is 18.3 Å². The van der Waals surface area contributed by atoms with Crippen molar-refractivity contribution in [3.63, 3.8) is 0 Å². The normalized spacial score (nSPS) is 12.4. The van der Waals surface area contributed by atoms with Crippen molar-refractivity contribution in [3.8, 4) is 5.75 Å². The van der Waals surface area contributed by atoms with Gasteiger partial charge >= 0.3 is 0 Å². The Balaban J connectivity index is 1.99. The number of benzene rings is 2. The molecule has 5 heteroatoms. The van der Waals surface area contributed by atoms with E-state index in [4.69, 9.17) is 0 Å². The lowest BCUT2D eigenvalue weighted by molar-refractivity contribution is 0.452. The predicted octanol–water partition coefficient (Wildman–Crippen LogP) is 3.53. The fourth-order valence-electron chi connectivity index (χ4n) is 2.09. The van der Waals surface area contributed by atoms with Gasteiger partial charge in [-0.2, -0.15) is 0 Å². The first-order valence-electron chi connectivity index (χ1n) is 6.61. The molecule has 0 bridgehead atoms. The molecule has 0 saturated heterocycles. The van der Waals surface area contributed by atoms with E-state index in [-0.39, 0.29) is 30.3 Å². The van der Waals surface area contributed by atoms with Gasteiger partial charge in [0.1, 0.15) is 23.2 Å². The van der Waals surface area contributed by atoms with Crippen LogP contribution in [0.3, 0.4) is 0 Å². The third-order valence-corrected chi connectivity index (χ3v) is 3.25. The minimum Gasteiger partial charge on any atom is -0.508 e. The number of nitrogens with one attached hydrogen (secondary N) is 1. The Morgan fingerprint density at radius 2 is 1.76 bits per heavy atom. The quantitative estimate of drug-likeness (QED) is 0.884. The monoisotopic (exact) mass is 295 g/mol. The van der Waals surface area contributed by atoms with Gasteiger partial charge in [0.15, 0.2) is 0 Å². The maximum Gasteiger partial charge on any atom is 0.129 e. The molecule has 112 valence electrons. The maximum absolute atomic E-state index is 13.5. The third-order valence-electron chi connectivity index (χ3n) is 3.25. The Kier molecular flexibility index (Phi) is 4.85. The SMILES string of the molecule is CC(Cc1c(F)cccc1F)NCc1cc(F)ccc1O. The van der Waals surface area contributed by atoms with Gasteiger partial charge in [0.2, 0.25) is 0 Å². The van der Waals surface area contributed by atoms with Gasteiger partial charge in [-0.3, -0.25) is 0 Å². The van der Waals surface area contributed by atoms with Crippen LogP contribution in [0.5, 0.6) is 5.75 Å². The summed E-state index contributed by atoms with van der Waals surface area (Å²) < 4.78 is 40.2. The first-order chi connectivity index (χ1) is 9.97. The molecule has 0 aliphatic carbocycles. The fraction of sp³-hybridized carbons (Fsp3) is 0.250. The van der Waals surface area contributed by atoms with Crippen LogP contribution >= 0.6 is 0 Å². The molecule has 2 aromatic carbocycles. The summed E-state index contributed by atoms with van der Waals surface area (Å²) in [6.07, 6.45) is 0.161. The predicted molar refractivity (Wildman–Crippen MR) is 74.4 cm³/mol. The summed E-state index contributed by atoms with van der Waals surface area (Å²) in [6, 6.07) is 7.16. The van der Waals surface area contributed by atoms with Crippen LogP contribution in [0.2, 0.25) is 0 Å². The molecule has 0 saturated carbocycles. The molecule has 2 nitrogen and oxygen atoms in total. The number of hydrogen-bond acceptors (Lipinski definition) is 2. The highest BCUT2D eigenvalue weighted by Gasteiger charge is 2.13. The summed E-state index contributed by atoms with van der Waals surface area (Å²) >= 11 is 0. The van der Waals surface area contributed by atoms with E-state index >= 15 is 0 Å². The maximum atomic E-state index is 13.5. The molecule has 0 aromatic heterocycles.